The van der Waals surface area contributed by atoms with Crippen LogP contribution in [-0.4, -0.2) is 26.3 Å². The van der Waals surface area contributed by atoms with Crippen molar-refractivity contribution in [2.75, 3.05) is 0 Å². The van der Waals surface area contributed by atoms with Crippen molar-refractivity contribution in [1.29, 1.82) is 0 Å². The van der Waals surface area contributed by atoms with Gasteiger partial charge in [-0.15, -0.1) is 0 Å². The predicted molar refractivity (Wildman–Crippen MR) is 85.4 cm³/mol. The normalized spacial score (nSPS) is 12.2. The molecule has 118 valence electrons. The average Bonchev–Trinajstić information content (AvgIpc) is 2.72. The Kier molecular flexibility index (Phi) is 4.83. The van der Waals surface area contributed by atoms with E-state index in [1.807, 2.05) is 13.8 Å². The van der Waals surface area contributed by atoms with Crippen LogP contribution < -0.4 is 11.0 Å². The Labute approximate surface area is 136 Å². The highest BCUT2D eigenvalue weighted by atomic mass is 35.5. The van der Waals surface area contributed by atoms with Gasteiger partial charge < -0.3 is 10.4 Å². The molecule has 0 spiro atoms. The lowest BCUT2D eigenvalue weighted by atomic mass is 10.3. The van der Waals surface area contributed by atoms with Crippen molar-refractivity contribution in [3.05, 3.63) is 44.9 Å². The minimum Gasteiger partial charge on any atom is -0.493 e. The number of nitrogens with zero attached hydrogens (tertiary/aromatic N) is 2. The molecule has 2 aromatic rings. The zero-order chi connectivity index (χ0) is 16.4. The van der Waals surface area contributed by atoms with Crippen molar-refractivity contribution in [2.45, 2.75) is 26.3 Å². The van der Waals surface area contributed by atoms with Gasteiger partial charge in [0.15, 0.2) is 0 Å². The first-order valence-electron chi connectivity index (χ1n) is 6.64. The largest absolute Gasteiger partial charge is 0.493 e. The van der Waals surface area contributed by atoms with Gasteiger partial charge in [-0.25, -0.2) is 18.7 Å². The zero-order valence-electron chi connectivity index (χ0n) is 12.0. The van der Waals surface area contributed by atoms with Gasteiger partial charge in [-0.1, -0.05) is 30.1 Å². The number of hydrogen-bond acceptors (Lipinski definition) is 3. The third-order valence-electron chi connectivity index (χ3n) is 3.18. The second-order valence-corrected chi connectivity index (χ2v) is 5.73. The van der Waals surface area contributed by atoms with Crippen molar-refractivity contribution in [1.82, 2.24) is 14.5 Å². The number of imidazole rings is 1. The second-order valence-electron chi connectivity index (χ2n) is 4.86. The molecule has 1 unspecified atom stereocenters. The molecule has 8 heteroatoms. The van der Waals surface area contributed by atoms with Gasteiger partial charge >= 0.3 is 11.7 Å². The quantitative estimate of drug-likeness (QED) is 0.899. The Morgan fingerprint density at radius 2 is 1.91 bits per heavy atom. The molecule has 0 saturated heterocycles. The Morgan fingerprint density at radius 3 is 2.45 bits per heavy atom. The number of benzene rings is 1. The molecule has 2 rings (SSSR count). The van der Waals surface area contributed by atoms with Gasteiger partial charge in [-0.05, 0) is 31.5 Å². The highest BCUT2D eigenvalue weighted by molar-refractivity contribution is 6.34. The molecule has 1 aromatic carbocycles. The smallest absolute Gasteiger partial charge is 0.344 e. The van der Waals surface area contributed by atoms with Crippen molar-refractivity contribution >= 4 is 29.2 Å². The van der Waals surface area contributed by atoms with Crippen molar-refractivity contribution in [3.8, 4) is 11.6 Å². The Bertz CT molecular complexity index is 747. The predicted octanol–water partition coefficient (Wildman–Crippen LogP) is 3.01. The number of amides is 1. The Balaban J connectivity index is 2.47. The van der Waals surface area contributed by atoms with Crippen LogP contribution in [0, 0.1) is 0 Å². The lowest BCUT2D eigenvalue weighted by Crippen LogP contribution is -2.40. The second kappa shape index (κ2) is 6.46. The molecule has 22 heavy (non-hydrogen) atoms. The summed E-state index contributed by atoms with van der Waals surface area (Å²) in [4.78, 5) is 24.4. The van der Waals surface area contributed by atoms with Crippen molar-refractivity contribution in [2.24, 2.45) is 0 Å². The number of aromatic nitrogens is 2. The molecule has 0 aliphatic carbocycles. The number of nitrogens with one attached hydrogen (secondary N) is 1. The summed E-state index contributed by atoms with van der Waals surface area (Å²) in [5.74, 6) is -0.386. The van der Waals surface area contributed by atoms with Gasteiger partial charge in [0, 0.05) is 16.1 Å². The summed E-state index contributed by atoms with van der Waals surface area (Å²) in [5.41, 5.74) is -0.438. The first-order valence-corrected chi connectivity index (χ1v) is 7.39. The zero-order valence-corrected chi connectivity index (χ0v) is 13.5. The van der Waals surface area contributed by atoms with E-state index in [-0.39, 0.29) is 17.6 Å². The summed E-state index contributed by atoms with van der Waals surface area (Å²) in [6.45, 7) is 3.72. The monoisotopic (exact) mass is 343 g/mol. The number of hydrogen-bond donors (Lipinski definition) is 2. The molecule has 1 amide bonds. The molecule has 1 heterocycles. The summed E-state index contributed by atoms with van der Waals surface area (Å²) < 4.78 is 1.75. The van der Waals surface area contributed by atoms with E-state index in [4.69, 9.17) is 23.2 Å². The summed E-state index contributed by atoms with van der Waals surface area (Å²) >= 11 is 11.8. The molecular weight excluding hydrogens is 329 g/mol. The van der Waals surface area contributed by atoms with E-state index in [1.54, 1.807) is 0 Å². The summed E-state index contributed by atoms with van der Waals surface area (Å²) in [5, 5.41) is 13.2. The van der Waals surface area contributed by atoms with Crippen LogP contribution in [0.1, 0.15) is 20.3 Å². The number of carbonyl (C=O) groups is 1. The third-order valence-corrected chi connectivity index (χ3v) is 3.61. The van der Waals surface area contributed by atoms with Crippen molar-refractivity contribution < 1.29 is 9.90 Å². The summed E-state index contributed by atoms with van der Waals surface area (Å²) in [6, 6.07) is 3.73. The van der Waals surface area contributed by atoms with Crippen LogP contribution in [0.3, 0.4) is 0 Å². The van der Waals surface area contributed by atoms with E-state index < -0.39 is 11.7 Å². The molecule has 1 aromatic heterocycles. The van der Waals surface area contributed by atoms with Gasteiger partial charge in [0.2, 0.25) is 5.88 Å². The van der Waals surface area contributed by atoms with Crippen LogP contribution in [0.5, 0.6) is 5.88 Å². The van der Waals surface area contributed by atoms with Gasteiger partial charge in [-0.2, -0.15) is 0 Å². The number of carbonyl (C=O) groups excluding carboxylic acids is 1. The van der Waals surface area contributed by atoms with E-state index in [1.165, 1.54) is 18.2 Å². The molecule has 0 fully saturated rings. The fraction of sp³-hybridized carbons (Fsp3) is 0.286. The molecule has 2 N–H and O–H groups in total. The minimum absolute atomic E-state index is 0.0921. The van der Waals surface area contributed by atoms with Gasteiger partial charge in [0.1, 0.15) is 0 Å². The minimum atomic E-state index is -0.711. The number of halogens is 2. The fourth-order valence-electron chi connectivity index (χ4n) is 1.87. The van der Waals surface area contributed by atoms with E-state index >= 15 is 0 Å². The fourth-order valence-corrected chi connectivity index (χ4v) is 2.39. The van der Waals surface area contributed by atoms with Crippen LogP contribution in [0.25, 0.3) is 5.69 Å². The average molecular weight is 344 g/mol. The molecule has 0 aliphatic heterocycles. The number of aromatic hydroxyl groups is 1. The lowest BCUT2D eigenvalue weighted by Gasteiger charge is -2.10. The molecule has 6 nitrogen and oxygen atoms in total. The summed E-state index contributed by atoms with van der Waals surface area (Å²) in [6.07, 6.45) is 1.77. The highest BCUT2D eigenvalue weighted by Crippen LogP contribution is 2.23. The molecule has 0 radical (unpaired) electrons. The molecule has 0 aliphatic rings. The first-order chi connectivity index (χ1) is 10.3. The topological polar surface area (TPSA) is 76.3 Å². The van der Waals surface area contributed by atoms with Crippen LogP contribution in [0.4, 0.5) is 4.79 Å². The maximum absolute atomic E-state index is 12.3. The Hall–Kier alpha value is -1.92. The van der Waals surface area contributed by atoms with Crippen LogP contribution >= 0.6 is 23.2 Å². The molecule has 0 saturated carbocycles. The molecule has 1 atom stereocenters. The third kappa shape index (κ3) is 3.28. The molecule has 0 bridgehead atoms. The van der Waals surface area contributed by atoms with Gasteiger partial charge in [0.05, 0.1) is 11.9 Å². The molecular formula is C14H15Cl2N3O3. The first kappa shape index (κ1) is 16.5. The van der Waals surface area contributed by atoms with E-state index in [0.717, 1.165) is 21.8 Å². The van der Waals surface area contributed by atoms with Gasteiger partial charge in [-0.3, -0.25) is 0 Å². The summed E-state index contributed by atoms with van der Waals surface area (Å²) in [7, 11) is 0. The van der Waals surface area contributed by atoms with E-state index in [2.05, 4.69) is 5.32 Å². The SMILES string of the molecule is CCC(C)NC(=O)n1cc(O)n(-c2cc(Cl)cc(Cl)c2)c1=O. The maximum Gasteiger partial charge on any atom is 0.344 e. The lowest BCUT2D eigenvalue weighted by molar-refractivity contribution is 0.238. The van der Waals surface area contributed by atoms with Crippen LogP contribution in [0.15, 0.2) is 29.2 Å². The van der Waals surface area contributed by atoms with E-state index in [9.17, 15) is 14.7 Å². The van der Waals surface area contributed by atoms with E-state index in [0.29, 0.717) is 10.0 Å². The van der Waals surface area contributed by atoms with Gasteiger partial charge in [0.25, 0.3) is 0 Å². The maximum atomic E-state index is 12.3. The Morgan fingerprint density at radius 1 is 1.32 bits per heavy atom. The standard InChI is InChI=1S/C14H15Cl2N3O3/c1-3-8(2)17-13(21)18-7-12(20)19(14(18)22)11-5-9(15)4-10(16)6-11/h4-8,20H,3H2,1-2H3,(H,17,21). The van der Waals surface area contributed by atoms with Crippen molar-refractivity contribution in [3.63, 3.8) is 0 Å². The number of rotatable bonds is 3. The highest BCUT2D eigenvalue weighted by Gasteiger charge is 2.18. The van der Waals surface area contributed by atoms with Crippen LogP contribution in [0.2, 0.25) is 10.0 Å². The van der Waals surface area contributed by atoms with Crippen LogP contribution in [-0.2, 0) is 0 Å².